The molecule has 3 aromatic rings. The van der Waals surface area contributed by atoms with Crippen LogP contribution >= 0.6 is 0 Å². The minimum absolute atomic E-state index is 0.122. The summed E-state index contributed by atoms with van der Waals surface area (Å²) >= 11 is 0. The SMILES string of the molecule is NS(=O)(=O)c1ccc(C(=O)OCc2cc(F)cc3c2O[C@H](c2ccccc2)OC3)cc1. The second-order valence-corrected chi connectivity index (χ2v) is 8.43. The molecule has 0 unspecified atom stereocenters. The Morgan fingerprint density at radius 3 is 2.48 bits per heavy atom. The summed E-state index contributed by atoms with van der Waals surface area (Å²) in [7, 11) is -3.87. The van der Waals surface area contributed by atoms with Gasteiger partial charge in [0.25, 0.3) is 0 Å². The zero-order valence-electron chi connectivity index (χ0n) is 16.2. The number of hydrogen-bond donors (Lipinski definition) is 1. The molecule has 0 aliphatic carbocycles. The van der Waals surface area contributed by atoms with E-state index < -0.39 is 28.1 Å². The van der Waals surface area contributed by atoms with E-state index in [9.17, 15) is 17.6 Å². The Balaban J connectivity index is 1.52. The van der Waals surface area contributed by atoms with Gasteiger partial charge in [-0.1, -0.05) is 30.3 Å². The van der Waals surface area contributed by atoms with Gasteiger partial charge < -0.3 is 14.2 Å². The highest BCUT2D eigenvalue weighted by Crippen LogP contribution is 2.36. The van der Waals surface area contributed by atoms with E-state index in [1.54, 1.807) is 0 Å². The Bertz CT molecular complexity index is 1210. The van der Waals surface area contributed by atoms with Crippen molar-refractivity contribution in [2.45, 2.75) is 24.4 Å². The first-order valence-corrected chi connectivity index (χ1v) is 10.8. The molecule has 1 atom stereocenters. The van der Waals surface area contributed by atoms with Crippen LogP contribution in [0.5, 0.6) is 5.75 Å². The monoisotopic (exact) mass is 443 g/mol. The van der Waals surface area contributed by atoms with E-state index in [1.807, 2.05) is 30.3 Å². The molecular formula is C22H18FNO6S. The van der Waals surface area contributed by atoms with E-state index in [2.05, 4.69) is 0 Å². The zero-order chi connectivity index (χ0) is 22.0. The summed E-state index contributed by atoms with van der Waals surface area (Å²) in [6, 6.07) is 16.8. The summed E-state index contributed by atoms with van der Waals surface area (Å²) in [5.74, 6) is -0.808. The number of carbonyl (C=O) groups is 1. The van der Waals surface area contributed by atoms with Gasteiger partial charge >= 0.3 is 5.97 Å². The highest BCUT2D eigenvalue weighted by atomic mass is 32.2. The maximum Gasteiger partial charge on any atom is 0.338 e. The highest BCUT2D eigenvalue weighted by Gasteiger charge is 2.25. The summed E-state index contributed by atoms with van der Waals surface area (Å²) in [5.41, 5.74) is 1.80. The van der Waals surface area contributed by atoms with Crippen LogP contribution in [-0.4, -0.2) is 14.4 Å². The molecule has 0 saturated heterocycles. The van der Waals surface area contributed by atoms with Crippen molar-refractivity contribution in [1.82, 2.24) is 0 Å². The van der Waals surface area contributed by atoms with Gasteiger partial charge in [-0.25, -0.2) is 22.7 Å². The molecule has 0 aromatic heterocycles. The number of ether oxygens (including phenoxy) is 3. The summed E-state index contributed by atoms with van der Waals surface area (Å²) in [6.07, 6.45) is -0.667. The number of carbonyl (C=O) groups excluding carboxylic acids is 1. The lowest BCUT2D eigenvalue weighted by Gasteiger charge is -2.28. The zero-order valence-corrected chi connectivity index (χ0v) is 17.0. The molecule has 9 heteroatoms. The Labute approximate surface area is 178 Å². The number of primary sulfonamides is 1. The molecule has 0 radical (unpaired) electrons. The molecule has 7 nitrogen and oxygen atoms in total. The number of nitrogens with two attached hydrogens (primary N) is 1. The van der Waals surface area contributed by atoms with E-state index >= 15 is 0 Å². The summed E-state index contributed by atoms with van der Waals surface area (Å²) in [5, 5.41) is 5.05. The van der Waals surface area contributed by atoms with Crippen LogP contribution in [0, 0.1) is 5.82 Å². The van der Waals surface area contributed by atoms with Crippen LogP contribution in [0.4, 0.5) is 4.39 Å². The second kappa shape index (κ2) is 8.46. The molecule has 160 valence electrons. The summed E-state index contributed by atoms with van der Waals surface area (Å²) < 4.78 is 53.6. The average Bonchev–Trinajstić information content (AvgIpc) is 2.77. The maximum absolute atomic E-state index is 14.1. The Hall–Kier alpha value is -3.27. The van der Waals surface area contributed by atoms with Crippen molar-refractivity contribution < 1.29 is 31.8 Å². The molecule has 3 aromatic carbocycles. The van der Waals surface area contributed by atoms with Gasteiger partial charge in [0.05, 0.1) is 17.1 Å². The van der Waals surface area contributed by atoms with Crippen molar-refractivity contribution in [3.8, 4) is 5.75 Å². The fourth-order valence-electron chi connectivity index (χ4n) is 3.17. The van der Waals surface area contributed by atoms with Gasteiger partial charge in [-0.05, 0) is 36.4 Å². The van der Waals surface area contributed by atoms with E-state index in [-0.39, 0.29) is 23.7 Å². The third-order valence-corrected chi connectivity index (χ3v) is 5.60. The third-order valence-electron chi connectivity index (χ3n) is 4.67. The van der Waals surface area contributed by atoms with Crippen molar-refractivity contribution in [1.29, 1.82) is 0 Å². The van der Waals surface area contributed by atoms with Crippen molar-refractivity contribution in [2.24, 2.45) is 5.14 Å². The molecule has 0 spiro atoms. The highest BCUT2D eigenvalue weighted by molar-refractivity contribution is 7.89. The quantitative estimate of drug-likeness (QED) is 0.606. The van der Waals surface area contributed by atoms with Crippen molar-refractivity contribution in [2.75, 3.05) is 0 Å². The molecule has 1 aliphatic rings. The number of halogens is 1. The predicted molar refractivity (Wildman–Crippen MR) is 108 cm³/mol. The Morgan fingerprint density at radius 1 is 1.10 bits per heavy atom. The number of fused-ring (bicyclic) bond motifs is 1. The van der Waals surface area contributed by atoms with Crippen LogP contribution in [0.2, 0.25) is 0 Å². The molecule has 0 bridgehead atoms. The third kappa shape index (κ3) is 4.74. The van der Waals surface area contributed by atoms with Crippen LogP contribution in [0.25, 0.3) is 0 Å². The van der Waals surface area contributed by atoms with Gasteiger partial charge in [0.1, 0.15) is 18.2 Å². The standard InChI is InChI=1S/C22H18FNO6S/c23-18-10-16(12-28-21(25)14-6-8-19(9-7-14)31(24,26)27)20-17(11-18)13-29-22(30-20)15-4-2-1-3-5-15/h1-11,22H,12-13H2,(H2,24,26,27)/t22-/m1/s1. The largest absolute Gasteiger partial charge is 0.460 e. The van der Waals surface area contributed by atoms with Crippen LogP contribution in [-0.2, 0) is 32.7 Å². The lowest BCUT2D eigenvalue weighted by Crippen LogP contribution is -2.20. The predicted octanol–water partition coefficient (Wildman–Crippen LogP) is 3.44. The van der Waals surface area contributed by atoms with E-state index in [1.165, 1.54) is 36.4 Å². The first-order chi connectivity index (χ1) is 14.8. The van der Waals surface area contributed by atoms with E-state index in [0.717, 1.165) is 5.56 Å². The second-order valence-electron chi connectivity index (χ2n) is 6.87. The number of hydrogen-bond acceptors (Lipinski definition) is 6. The topological polar surface area (TPSA) is 105 Å². The lowest BCUT2D eigenvalue weighted by molar-refractivity contribution is -0.112. The van der Waals surface area contributed by atoms with Gasteiger partial charge in [0.15, 0.2) is 0 Å². The van der Waals surface area contributed by atoms with Gasteiger partial charge in [0, 0.05) is 16.7 Å². The molecule has 2 N–H and O–H groups in total. The normalized spacial score (nSPS) is 15.6. The first-order valence-electron chi connectivity index (χ1n) is 9.26. The number of sulfonamides is 1. The first kappa shape index (κ1) is 21.0. The smallest absolute Gasteiger partial charge is 0.338 e. The minimum atomic E-state index is -3.87. The number of benzene rings is 3. The lowest BCUT2D eigenvalue weighted by atomic mass is 10.1. The van der Waals surface area contributed by atoms with Gasteiger partial charge in [0.2, 0.25) is 16.3 Å². The fraction of sp³-hybridized carbons (Fsp3) is 0.136. The van der Waals surface area contributed by atoms with Crippen molar-refractivity contribution >= 4 is 16.0 Å². The number of rotatable bonds is 5. The van der Waals surface area contributed by atoms with Gasteiger partial charge in [-0.3, -0.25) is 0 Å². The minimum Gasteiger partial charge on any atom is -0.460 e. The van der Waals surface area contributed by atoms with E-state index in [0.29, 0.717) is 16.9 Å². The Morgan fingerprint density at radius 2 is 1.81 bits per heavy atom. The molecule has 4 rings (SSSR count). The molecule has 0 fully saturated rings. The molecule has 31 heavy (non-hydrogen) atoms. The molecular weight excluding hydrogens is 425 g/mol. The average molecular weight is 443 g/mol. The molecule has 1 aliphatic heterocycles. The number of esters is 1. The van der Waals surface area contributed by atoms with Crippen LogP contribution in [0.3, 0.4) is 0 Å². The molecule has 0 amide bonds. The van der Waals surface area contributed by atoms with Crippen LogP contribution < -0.4 is 9.88 Å². The van der Waals surface area contributed by atoms with Gasteiger partial charge in [-0.2, -0.15) is 0 Å². The van der Waals surface area contributed by atoms with Crippen molar-refractivity contribution in [3.63, 3.8) is 0 Å². The van der Waals surface area contributed by atoms with Crippen LogP contribution in [0.1, 0.15) is 33.3 Å². The molecule has 0 saturated carbocycles. The fourth-order valence-corrected chi connectivity index (χ4v) is 3.68. The Kier molecular flexibility index (Phi) is 5.73. The summed E-state index contributed by atoms with van der Waals surface area (Å²) in [6.45, 7) is -0.0972. The van der Waals surface area contributed by atoms with Crippen LogP contribution in [0.15, 0.2) is 71.6 Å². The van der Waals surface area contributed by atoms with Crippen molar-refractivity contribution in [3.05, 3.63) is 94.8 Å². The maximum atomic E-state index is 14.1. The molecule has 1 heterocycles. The van der Waals surface area contributed by atoms with Gasteiger partial charge in [-0.15, -0.1) is 0 Å². The van der Waals surface area contributed by atoms with E-state index in [4.69, 9.17) is 19.3 Å². The summed E-state index contributed by atoms with van der Waals surface area (Å²) in [4.78, 5) is 12.2.